The molecule has 1 fully saturated rings. The van der Waals surface area contributed by atoms with E-state index in [9.17, 15) is 0 Å². The highest BCUT2D eigenvalue weighted by atomic mass is 16.5. The van der Waals surface area contributed by atoms with Gasteiger partial charge in [-0.25, -0.2) is 0 Å². The average Bonchev–Trinajstić information content (AvgIpc) is 2.39. The van der Waals surface area contributed by atoms with Crippen LogP contribution in [0.1, 0.15) is 5.56 Å². The lowest BCUT2D eigenvalue weighted by atomic mass is 9.89. The van der Waals surface area contributed by atoms with Crippen molar-refractivity contribution >= 4 is 0 Å². The lowest BCUT2D eigenvalue weighted by Gasteiger charge is -2.40. The molecule has 2 unspecified atom stereocenters. The van der Waals surface area contributed by atoms with Crippen LogP contribution >= 0.6 is 0 Å². The molecule has 0 aromatic heterocycles. The van der Waals surface area contributed by atoms with E-state index in [0.29, 0.717) is 12.0 Å². The van der Waals surface area contributed by atoms with Gasteiger partial charge in [0.15, 0.2) is 0 Å². The third kappa shape index (κ3) is 2.17. The Morgan fingerprint density at radius 2 is 2.24 bits per heavy atom. The first-order valence-electron chi connectivity index (χ1n) is 6.46. The van der Waals surface area contributed by atoms with Gasteiger partial charge in [0, 0.05) is 31.6 Å². The van der Waals surface area contributed by atoms with Gasteiger partial charge in [-0.2, -0.15) is 0 Å². The van der Waals surface area contributed by atoms with Crippen LogP contribution in [-0.4, -0.2) is 44.2 Å². The van der Waals surface area contributed by atoms with Crippen LogP contribution in [0, 0.1) is 5.92 Å². The quantitative estimate of drug-likeness (QED) is 0.786. The van der Waals surface area contributed by atoms with E-state index < -0.39 is 0 Å². The molecule has 2 atom stereocenters. The Kier molecular flexibility index (Phi) is 3.04. The number of hydrogen-bond donors (Lipinski definition) is 1. The van der Waals surface area contributed by atoms with Crippen molar-refractivity contribution in [1.29, 1.82) is 0 Å². The molecule has 0 spiro atoms. The number of fused-ring (bicyclic) bond motifs is 1. The first-order valence-corrected chi connectivity index (χ1v) is 6.46. The van der Waals surface area contributed by atoms with E-state index in [-0.39, 0.29) is 0 Å². The summed E-state index contributed by atoms with van der Waals surface area (Å²) >= 11 is 0. The molecule has 0 radical (unpaired) electrons. The standard InChI is InChI=1S/C14H20N2O/c1-16-7-6-15-9-13(16)12-8-11-4-2-3-5-14(11)17-10-12/h2-5,12-13,15H,6-10H2,1H3. The van der Waals surface area contributed by atoms with Crippen molar-refractivity contribution < 1.29 is 4.74 Å². The van der Waals surface area contributed by atoms with E-state index >= 15 is 0 Å². The van der Waals surface area contributed by atoms with Crippen LogP contribution in [0.5, 0.6) is 5.75 Å². The molecule has 1 saturated heterocycles. The maximum absolute atomic E-state index is 5.88. The average molecular weight is 232 g/mol. The maximum atomic E-state index is 5.88. The van der Waals surface area contributed by atoms with Gasteiger partial charge in [0.05, 0.1) is 6.61 Å². The summed E-state index contributed by atoms with van der Waals surface area (Å²) in [6.07, 6.45) is 1.15. The van der Waals surface area contributed by atoms with Crippen LogP contribution in [-0.2, 0) is 6.42 Å². The fourth-order valence-corrected chi connectivity index (χ4v) is 2.95. The van der Waals surface area contributed by atoms with Crippen LogP contribution in [0.2, 0.25) is 0 Å². The van der Waals surface area contributed by atoms with Crippen LogP contribution in [0.15, 0.2) is 24.3 Å². The van der Waals surface area contributed by atoms with Gasteiger partial charge in [0.1, 0.15) is 5.75 Å². The number of rotatable bonds is 1. The summed E-state index contributed by atoms with van der Waals surface area (Å²) in [4.78, 5) is 2.47. The molecule has 17 heavy (non-hydrogen) atoms. The number of piperazine rings is 1. The molecule has 3 nitrogen and oxygen atoms in total. The normalized spacial score (nSPS) is 29.5. The molecule has 0 bridgehead atoms. The molecule has 92 valence electrons. The second-order valence-corrected chi connectivity index (χ2v) is 5.14. The first kappa shape index (κ1) is 11.1. The third-order valence-electron chi connectivity index (χ3n) is 4.01. The summed E-state index contributed by atoms with van der Waals surface area (Å²) in [5.41, 5.74) is 1.36. The maximum Gasteiger partial charge on any atom is 0.122 e. The Bertz CT molecular complexity index is 394. The molecule has 0 saturated carbocycles. The van der Waals surface area contributed by atoms with Crippen LogP contribution < -0.4 is 10.1 Å². The van der Waals surface area contributed by atoms with E-state index in [4.69, 9.17) is 4.74 Å². The van der Waals surface area contributed by atoms with Gasteiger partial charge in [-0.05, 0) is 25.1 Å². The Labute approximate surface area is 103 Å². The van der Waals surface area contributed by atoms with E-state index in [0.717, 1.165) is 38.4 Å². The third-order valence-corrected chi connectivity index (χ3v) is 4.01. The van der Waals surface area contributed by atoms with Crippen LogP contribution in [0.4, 0.5) is 0 Å². The highest BCUT2D eigenvalue weighted by molar-refractivity contribution is 5.35. The van der Waals surface area contributed by atoms with Crippen LogP contribution in [0.3, 0.4) is 0 Å². The number of benzene rings is 1. The summed E-state index contributed by atoms with van der Waals surface area (Å²) in [6.45, 7) is 4.19. The summed E-state index contributed by atoms with van der Waals surface area (Å²) in [6, 6.07) is 9.03. The van der Waals surface area contributed by atoms with Crippen molar-refractivity contribution in [3.8, 4) is 5.75 Å². The largest absolute Gasteiger partial charge is 0.493 e. The highest BCUT2D eigenvalue weighted by Crippen LogP contribution is 2.29. The van der Waals surface area contributed by atoms with E-state index in [1.54, 1.807) is 0 Å². The molecule has 2 aliphatic heterocycles. The predicted molar refractivity (Wildman–Crippen MR) is 68.4 cm³/mol. The molecule has 1 N–H and O–H groups in total. The topological polar surface area (TPSA) is 24.5 Å². The van der Waals surface area contributed by atoms with Crippen LogP contribution in [0.25, 0.3) is 0 Å². The molecular formula is C14H20N2O. The van der Waals surface area contributed by atoms with E-state index in [1.807, 2.05) is 6.07 Å². The predicted octanol–water partition coefficient (Wildman–Crippen LogP) is 1.14. The van der Waals surface area contributed by atoms with Gasteiger partial charge in [0.25, 0.3) is 0 Å². The zero-order valence-corrected chi connectivity index (χ0v) is 10.4. The molecule has 0 aliphatic carbocycles. The zero-order chi connectivity index (χ0) is 11.7. The fraction of sp³-hybridized carbons (Fsp3) is 0.571. The molecule has 3 heteroatoms. The van der Waals surface area contributed by atoms with Crippen molar-refractivity contribution in [3.63, 3.8) is 0 Å². The Morgan fingerprint density at radius 1 is 1.35 bits per heavy atom. The van der Waals surface area contributed by atoms with E-state index in [1.165, 1.54) is 5.56 Å². The van der Waals surface area contributed by atoms with Gasteiger partial charge in [-0.1, -0.05) is 18.2 Å². The van der Waals surface area contributed by atoms with Gasteiger partial charge in [-0.15, -0.1) is 0 Å². The minimum absolute atomic E-state index is 0.608. The molecule has 2 aliphatic rings. The number of hydrogen-bond acceptors (Lipinski definition) is 3. The summed E-state index contributed by atoms with van der Waals surface area (Å²) in [5, 5.41) is 3.49. The molecule has 0 amide bonds. The highest BCUT2D eigenvalue weighted by Gasteiger charge is 2.31. The van der Waals surface area contributed by atoms with Gasteiger partial charge >= 0.3 is 0 Å². The van der Waals surface area contributed by atoms with Crippen molar-refractivity contribution in [3.05, 3.63) is 29.8 Å². The monoisotopic (exact) mass is 232 g/mol. The molecular weight excluding hydrogens is 212 g/mol. The lowest BCUT2D eigenvalue weighted by Crippen LogP contribution is -2.54. The smallest absolute Gasteiger partial charge is 0.122 e. The number of likely N-dealkylation sites (N-methyl/N-ethyl adjacent to an activating group) is 1. The zero-order valence-electron chi connectivity index (χ0n) is 10.4. The first-order chi connectivity index (χ1) is 8.34. The van der Waals surface area contributed by atoms with Crippen molar-refractivity contribution in [2.24, 2.45) is 5.92 Å². The van der Waals surface area contributed by atoms with Gasteiger partial charge in [0.2, 0.25) is 0 Å². The SMILES string of the molecule is CN1CCNCC1C1COc2ccccc2C1. The Morgan fingerprint density at radius 3 is 3.12 bits per heavy atom. The summed E-state index contributed by atoms with van der Waals surface area (Å²) < 4.78 is 5.88. The Hall–Kier alpha value is -1.06. The molecule has 3 rings (SSSR count). The van der Waals surface area contributed by atoms with Gasteiger partial charge < -0.3 is 15.0 Å². The number of nitrogens with one attached hydrogen (secondary N) is 1. The second kappa shape index (κ2) is 4.67. The molecule has 1 aromatic rings. The molecule has 1 aromatic carbocycles. The number of ether oxygens (including phenoxy) is 1. The van der Waals surface area contributed by atoms with E-state index in [2.05, 4.69) is 35.5 Å². The number of para-hydroxylation sites is 1. The fourth-order valence-electron chi connectivity index (χ4n) is 2.95. The Balaban J connectivity index is 1.75. The lowest BCUT2D eigenvalue weighted by molar-refractivity contribution is 0.0944. The number of nitrogens with zero attached hydrogens (tertiary/aromatic N) is 1. The summed E-state index contributed by atoms with van der Waals surface area (Å²) in [7, 11) is 2.23. The summed E-state index contributed by atoms with van der Waals surface area (Å²) in [5.74, 6) is 1.69. The van der Waals surface area contributed by atoms with Crippen molar-refractivity contribution in [2.75, 3.05) is 33.3 Å². The van der Waals surface area contributed by atoms with Gasteiger partial charge in [-0.3, -0.25) is 0 Å². The minimum atomic E-state index is 0.608. The minimum Gasteiger partial charge on any atom is -0.493 e. The molecule has 2 heterocycles. The van der Waals surface area contributed by atoms with Crippen molar-refractivity contribution in [1.82, 2.24) is 10.2 Å². The van der Waals surface area contributed by atoms with Crippen molar-refractivity contribution in [2.45, 2.75) is 12.5 Å². The second-order valence-electron chi connectivity index (χ2n) is 5.14.